The van der Waals surface area contributed by atoms with Gasteiger partial charge >= 0.3 is 5.97 Å². The van der Waals surface area contributed by atoms with Crippen LogP contribution in [0.1, 0.15) is 11.1 Å². The van der Waals surface area contributed by atoms with E-state index in [9.17, 15) is 9.90 Å². The predicted octanol–water partition coefficient (Wildman–Crippen LogP) is 3.73. The summed E-state index contributed by atoms with van der Waals surface area (Å²) in [6.07, 6.45) is -0.798. The molecule has 0 amide bonds. The average molecular weight is 321 g/mol. The average Bonchev–Trinajstić information content (AvgIpc) is 2.51. The van der Waals surface area contributed by atoms with Crippen molar-refractivity contribution in [1.29, 1.82) is 0 Å². The quantitative estimate of drug-likeness (QED) is 0.881. The standard InChI is InChI=1S/C17H17ClO4/c1-11-12(6-5-7-13(11)18)10-16(17(19)20)22-15-9-4-3-8-14(15)21-2/h3-9,16H,10H2,1-2H3,(H,19,20)/t16-/m0/s1. The Morgan fingerprint density at radius 3 is 2.50 bits per heavy atom. The van der Waals surface area contributed by atoms with Crippen LogP contribution < -0.4 is 9.47 Å². The highest BCUT2D eigenvalue weighted by Gasteiger charge is 2.22. The number of rotatable bonds is 6. The smallest absolute Gasteiger partial charge is 0.345 e. The lowest BCUT2D eigenvalue weighted by molar-refractivity contribution is -0.145. The third-order valence-electron chi connectivity index (χ3n) is 3.40. The van der Waals surface area contributed by atoms with Crippen LogP contribution in [0.15, 0.2) is 42.5 Å². The molecule has 22 heavy (non-hydrogen) atoms. The fourth-order valence-corrected chi connectivity index (χ4v) is 2.32. The highest BCUT2D eigenvalue weighted by Crippen LogP contribution is 2.28. The molecule has 1 N–H and O–H groups in total. The van der Waals surface area contributed by atoms with E-state index in [1.807, 2.05) is 13.0 Å². The molecule has 0 bridgehead atoms. The molecule has 116 valence electrons. The summed E-state index contributed by atoms with van der Waals surface area (Å²) in [6.45, 7) is 1.86. The zero-order valence-electron chi connectivity index (χ0n) is 12.4. The van der Waals surface area contributed by atoms with Gasteiger partial charge in [-0.25, -0.2) is 4.79 Å². The van der Waals surface area contributed by atoms with Crippen molar-refractivity contribution in [2.75, 3.05) is 7.11 Å². The summed E-state index contributed by atoms with van der Waals surface area (Å²) in [4.78, 5) is 11.5. The molecule has 1 atom stereocenters. The van der Waals surface area contributed by atoms with Crippen LogP contribution in [0.25, 0.3) is 0 Å². The molecule has 0 aliphatic heterocycles. The zero-order chi connectivity index (χ0) is 16.1. The Labute approximate surface area is 134 Å². The van der Waals surface area contributed by atoms with Gasteiger partial charge in [0.15, 0.2) is 17.6 Å². The van der Waals surface area contributed by atoms with Crippen LogP contribution in [0.3, 0.4) is 0 Å². The van der Waals surface area contributed by atoms with Gasteiger partial charge in [0, 0.05) is 11.4 Å². The number of methoxy groups -OCH3 is 1. The Kier molecular flexibility index (Phi) is 5.28. The third-order valence-corrected chi connectivity index (χ3v) is 3.81. The van der Waals surface area contributed by atoms with Gasteiger partial charge in [-0.2, -0.15) is 0 Å². The van der Waals surface area contributed by atoms with Gasteiger partial charge in [-0.15, -0.1) is 0 Å². The monoisotopic (exact) mass is 320 g/mol. The molecular formula is C17H17ClO4. The lowest BCUT2D eigenvalue weighted by Gasteiger charge is -2.18. The maximum atomic E-state index is 11.5. The van der Waals surface area contributed by atoms with Crippen LogP contribution in [-0.4, -0.2) is 24.3 Å². The zero-order valence-corrected chi connectivity index (χ0v) is 13.1. The summed E-state index contributed by atoms with van der Waals surface area (Å²) in [5.74, 6) is -0.140. The lowest BCUT2D eigenvalue weighted by Crippen LogP contribution is -2.29. The summed E-state index contributed by atoms with van der Waals surface area (Å²) in [7, 11) is 1.51. The van der Waals surface area contributed by atoms with Gasteiger partial charge in [-0.3, -0.25) is 0 Å². The van der Waals surface area contributed by atoms with E-state index in [0.717, 1.165) is 11.1 Å². The molecule has 5 heteroatoms. The van der Waals surface area contributed by atoms with E-state index in [0.29, 0.717) is 16.5 Å². The van der Waals surface area contributed by atoms with Crippen LogP contribution >= 0.6 is 11.6 Å². The first-order valence-electron chi connectivity index (χ1n) is 6.79. The number of hydrogen-bond donors (Lipinski definition) is 1. The highest BCUT2D eigenvalue weighted by atomic mass is 35.5. The van der Waals surface area contributed by atoms with Gasteiger partial charge in [0.05, 0.1) is 7.11 Å². The largest absolute Gasteiger partial charge is 0.493 e. The molecule has 0 aliphatic rings. The number of carbonyl (C=O) groups is 1. The Balaban J connectivity index is 2.24. The van der Waals surface area contributed by atoms with Gasteiger partial charge in [0.25, 0.3) is 0 Å². The number of halogens is 1. The molecule has 0 unspecified atom stereocenters. The van der Waals surface area contributed by atoms with Crippen molar-refractivity contribution in [1.82, 2.24) is 0 Å². The molecule has 0 aromatic heterocycles. The molecule has 0 saturated carbocycles. The van der Waals surface area contributed by atoms with Crippen molar-refractivity contribution in [2.24, 2.45) is 0 Å². The molecule has 0 aliphatic carbocycles. The number of hydrogen-bond acceptors (Lipinski definition) is 3. The molecular weight excluding hydrogens is 304 g/mol. The number of benzene rings is 2. The number of ether oxygens (including phenoxy) is 2. The summed E-state index contributed by atoms with van der Waals surface area (Å²) >= 11 is 6.08. The van der Waals surface area contributed by atoms with E-state index in [1.54, 1.807) is 36.4 Å². The van der Waals surface area contributed by atoms with Crippen LogP contribution in [0.2, 0.25) is 5.02 Å². The maximum Gasteiger partial charge on any atom is 0.345 e. The van der Waals surface area contributed by atoms with Crippen molar-refractivity contribution in [3.8, 4) is 11.5 Å². The first kappa shape index (κ1) is 16.2. The van der Waals surface area contributed by atoms with Gasteiger partial charge in [-0.05, 0) is 36.2 Å². The SMILES string of the molecule is COc1ccccc1O[C@@H](Cc1cccc(Cl)c1C)C(=O)O. The van der Waals surface area contributed by atoms with Crippen molar-refractivity contribution < 1.29 is 19.4 Å². The minimum absolute atomic E-state index is 0.222. The van der Waals surface area contributed by atoms with Crippen molar-refractivity contribution in [3.63, 3.8) is 0 Å². The molecule has 0 heterocycles. The van der Waals surface area contributed by atoms with E-state index in [1.165, 1.54) is 7.11 Å². The first-order valence-corrected chi connectivity index (χ1v) is 7.17. The van der Waals surface area contributed by atoms with Crippen LogP contribution in [0.5, 0.6) is 11.5 Å². The Hall–Kier alpha value is -2.20. The summed E-state index contributed by atoms with van der Waals surface area (Å²) < 4.78 is 10.8. The van der Waals surface area contributed by atoms with Crippen molar-refractivity contribution >= 4 is 17.6 Å². The van der Waals surface area contributed by atoms with Crippen LogP contribution in [0, 0.1) is 6.92 Å². The van der Waals surface area contributed by atoms with E-state index < -0.39 is 12.1 Å². The van der Waals surface area contributed by atoms with Gasteiger partial charge in [0.1, 0.15) is 0 Å². The summed E-state index contributed by atoms with van der Waals surface area (Å²) in [6, 6.07) is 12.4. The Morgan fingerprint density at radius 1 is 1.18 bits per heavy atom. The number of carboxylic acid groups (broad SMARTS) is 1. The van der Waals surface area contributed by atoms with E-state index >= 15 is 0 Å². The predicted molar refractivity (Wildman–Crippen MR) is 84.9 cm³/mol. The first-order chi connectivity index (χ1) is 10.5. The van der Waals surface area contributed by atoms with Crippen LogP contribution in [0.4, 0.5) is 0 Å². The van der Waals surface area contributed by atoms with E-state index in [2.05, 4.69) is 0 Å². The van der Waals surface area contributed by atoms with Crippen molar-refractivity contribution in [3.05, 3.63) is 58.6 Å². The molecule has 0 radical (unpaired) electrons. The minimum atomic E-state index is -1.04. The fourth-order valence-electron chi connectivity index (χ4n) is 2.12. The van der Waals surface area contributed by atoms with E-state index in [-0.39, 0.29) is 6.42 Å². The second-order valence-electron chi connectivity index (χ2n) is 4.82. The number of carboxylic acids is 1. The van der Waals surface area contributed by atoms with Gasteiger partial charge < -0.3 is 14.6 Å². The summed E-state index contributed by atoms with van der Waals surface area (Å²) in [5.41, 5.74) is 1.70. The number of aliphatic carboxylic acids is 1. The second kappa shape index (κ2) is 7.18. The Morgan fingerprint density at radius 2 is 1.86 bits per heavy atom. The molecule has 2 aromatic rings. The van der Waals surface area contributed by atoms with Gasteiger partial charge in [-0.1, -0.05) is 35.9 Å². The minimum Gasteiger partial charge on any atom is -0.493 e. The van der Waals surface area contributed by atoms with Gasteiger partial charge in [0.2, 0.25) is 0 Å². The number of para-hydroxylation sites is 2. The van der Waals surface area contributed by atoms with Crippen molar-refractivity contribution in [2.45, 2.75) is 19.4 Å². The summed E-state index contributed by atoms with van der Waals surface area (Å²) in [5, 5.41) is 10.0. The van der Waals surface area contributed by atoms with E-state index in [4.69, 9.17) is 21.1 Å². The maximum absolute atomic E-state index is 11.5. The Bertz CT molecular complexity index is 669. The normalized spacial score (nSPS) is 11.8. The van der Waals surface area contributed by atoms with Crippen LogP contribution in [-0.2, 0) is 11.2 Å². The fraction of sp³-hybridized carbons (Fsp3) is 0.235. The topological polar surface area (TPSA) is 55.8 Å². The molecule has 4 nitrogen and oxygen atoms in total. The third kappa shape index (κ3) is 3.71. The molecule has 0 saturated heterocycles. The lowest BCUT2D eigenvalue weighted by atomic mass is 10.0. The molecule has 0 fully saturated rings. The molecule has 2 aromatic carbocycles. The highest BCUT2D eigenvalue weighted by molar-refractivity contribution is 6.31. The second-order valence-corrected chi connectivity index (χ2v) is 5.23. The molecule has 0 spiro atoms. The molecule has 2 rings (SSSR count).